The molecule has 0 aliphatic carbocycles. The van der Waals surface area contributed by atoms with Crippen LogP contribution in [0.2, 0.25) is 0 Å². The second-order valence-corrected chi connectivity index (χ2v) is 15.5. The van der Waals surface area contributed by atoms with E-state index in [-0.39, 0.29) is 0 Å². The highest BCUT2D eigenvalue weighted by atomic mass is 16.3. The summed E-state index contributed by atoms with van der Waals surface area (Å²) in [6, 6.07) is 47.8. The molecule has 0 fully saturated rings. The lowest BCUT2D eigenvalue weighted by atomic mass is 9.64. The smallest absolute Gasteiger partial charge is 0.159 e. The largest absolute Gasteiger partial charge is 0.457 e. The third-order valence-electron chi connectivity index (χ3n) is 12.6. The monoisotopic (exact) mass is 711 g/mol. The lowest BCUT2D eigenvalue weighted by Crippen LogP contribution is -2.47. The maximum absolute atomic E-state index is 6.90. The van der Waals surface area contributed by atoms with E-state index in [1.54, 1.807) is 0 Å². The predicted molar refractivity (Wildman–Crippen MR) is 261 cm³/mol. The molecule has 0 N–H and O–H groups in total. The van der Waals surface area contributed by atoms with Crippen LogP contribution < -0.4 is 43.1 Å². The van der Waals surface area contributed by atoms with Crippen LogP contribution in [0.1, 0.15) is 0 Å². The van der Waals surface area contributed by atoms with E-state index >= 15 is 0 Å². The fourth-order valence-corrected chi connectivity index (χ4v) is 9.12. The van der Waals surface area contributed by atoms with E-state index in [0.29, 0.717) is 0 Å². The van der Waals surface area contributed by atoms with Crippen molar-refractivity contribution >= 4 is 165 Å². The van der Waals surface area contributed by atoms with Crippen LogP contribution in [0.25, 0.3) is 76.9 Å². The number of fused-ring (bicyclic) bond motifs is 8. The van der Waals surface area contributed by atoms with Crippen LogP contribution in [0, 0.1) is 0 Å². The van der Waals surface area contributed by atoms with Crippen LogP contribution in [0.3, 0.4) is 0 Å². The van der Waals surface area contributed by atoms with Gasteiger partial charge in [0.15, 0.2) is 5.58 Å². The van der Waals surface area contributed by atoms with Gasteiger partial charge in [-0.1, -0.05) is 124 Å². The highest BCUT2D eigenvalue weighted by Gasteiger charge is 2.24. The van der Waals surface area contributed by atoms with E-state index in [0.717, 1.165) is 55.6 Å². The fourth-order valence-electron chi connectivity index (χ4n) is 9.12. The summed E-state index contributed by atoms with van der Waals surface area (Å²) in [5.74, 6) is 0. The van der Waals surface area contributed by atoms with Gasteiger partial charge in [0, 0.05) is 38.3 Å². The zero-order valence-corrected chi connectivity index (χ0v) is 33.0. The summed E-state index contributed by atoms with van der Waals surface area (Å²) in [6.45, 7) is 0. The van der Waals surface area contributed by atoms with Crippen molar-refractivity contribution in [2.75, 3.05) is 4.90 Å². The third-order valence-corrected chi connectivity index (χ3v) is 12.6. The Morgan fingerprint density at radius 2 is 0.875 bits per heavy atom. The van der Waals surface area contributed by atoms with Crippen LogP contribution in [0.4, 0.5) is 17.1 Å². The molecule has 0 atom stereocenters. The molecular formula is C46H36B7NO2. The van der Waals surface area contributed by atoms with Crippen LogP contribution in [-0.4, -0.2) is 54.9 Å². The topological polar surface area (TPSA) is 29.5 Å². The molecule has 10 heteroatoms. The van der Waals surface area contributed by atoms with E-state index in [4.69, 9.17) is 8.83 Å². The molecule has 2 aromatic heterocycles. The molecule has 10 aromatic rings. The SMILES string of the molecule is Bc1c(B)c(B)c2c(oc3c(B)c(-c4ccc(N(c5ccc(-c6ccccc6)cc5)c5cccc6c5oc5c7ccccc7ccc65)cc4)c(B)c(B)c32)c1B. The minimum atomic E-state index is 0.865. The molecule has 56 heavy (non-hydrogen) atoms. The number of benzene rings is 8. The Morgan fingerprint density at radius 3 is 1.59 bits per heavy atom. The van der Waals surface area contributed by atoms with Gasteiger partial charge in [0.1, 0.15) is 71.7 Å². The van der Waals surface area contributed by atoms with Gasteiger partial charge in [-0.25, -0.2) is 0 Å². The van der Waals surface area contributed by atoms with Gasteiger partial charge in [-0.15, -0.1) is 5.46 Å². The lowest BCUT2D eigenvalue weighted by Gasteiger charge is -2.26. The Labute approximate surface area is 332 Å². The molecule has 0 unspecified atom stereocenters. The molecule has 258 valence electrons. The normalized spacial score (nSPS) is 11.7. The molecule has 3 nitrogen and oxygen atoms in total. The van der Waals surface area contributed by atoms with Crippen molar-refractivity contribution in [1.29, 1.82) is 0 Å². The van der Waals surface area contributed by atoms with Gasteiger partial charge in [0.2, 0.25) is 0 Å². The van der Waals surface area contributed by atoms with Gasteiger partial charge in [-0.05, 0) is 69.5 Å². The maximum Gasteiger partial charge on any atom is 0.159 e. The Morgan fingerprint density at radius 1 is 0.339 bits per heavy atom. The van der Waals surface area contributed by atoms with Gasteiger partial charge in [-0.3, -0.25) is 0 Å². The highest BCUT2D eigenvalue weighted by Crippen LogP contribution is 2.44. The Hall–Kier alpha value is -6.13. The van der Waals surface area contributed by atoms with Gasteiger partial charge in [-0.2, -0.15) is 0 Å². The van der Waals surface area contributed by atoms with Crippen molar-refractivity contribution in [2.24, 2.45) is 0 Å². The van der Waals surface area contributed by atoms with Gasteiger partial charge < -0.3 is 13.7 Å². The molecule has 10 rings (SSSR count). The van der Waals surface area contributed by atoms with Crippen LogP contribution in [0.5, 0.6) is 0 Å². The first kappa shape index (κ1) is 34.4. The molecule has 8 aromatic carbocycles. The second kappa shape index (κ2) is 13.0. The number of hydrogen-bond acceptors (Lipinski definition) is 3. The Bertz CT molecular complexity index is 3210. The third kappa shape index (κ3) is 5.08. The van der Waals surface area contributed by atoms with Crippen molar-refractivity contribution in [3.05, 3.63) is 133 Å². The molecule has 0 spiro atoms. The summed E-state index contributed by atoms with van der Waals surface area (Å²) in [6.07, 6.45) is 0. The molecule has 0 aliphatic heterocycles. The molecule has 0 amide bonds. The summed E-state index contributed by atoms with van der Waals surface area (Å²) in [7, 11) is 15.6. The number of anilines is 3. The average molecular weight is 710 g/mol. The summed E-state index contributed by atoms with van der Waals surface area (Å²) >= 11 is 0. The minimum Gasteiger partial charge on any atom is -0.457 e. The van der Waals surface area contributed by atoms with Crippen molar-refractivity contribution < 1.29 is 8.83 Å². The van der Waals surface area contributed by atoms with Crippen molar-refractivity contribution in [3.63, 3.8) is 0 Å². The van der Waals surface area contributed by atoms with Crippen molar-refractivity contribution in [3.8, 4) is 22.3 Å². The van der Waals surface area contributed by atoms with Gasteiger partial charge >= 0.3 is 0 Å². The molecule has 0 saturated carbocycles. The molecule has 2 heterocycles. The average Bonchev–Trinajstić information content (AvgIpc) is 3.84. The zero-order chi connectivity index (χ0) is 38.4. The first-order valence-electron chi connectivity index (χ1n) is 19.5. The number of furan rings is 2. The lowest BCUT2D eigenvalue weighted by molar-refractivity contribution is 0.673. The number of para-hydroxylation sites is 1. The van der Waals surface area contributed by atoms with E-state index in [9.17, 15) is 0 Å². The predicted octanol–water partition coefficient (Wildman–Crippen LogP) is 1.25. The summed E-state index contributed by atoms with van der Waals surface area (Å²) < 4.78 is 13.7. The number of nitrogens with zero attached hydrogens (tertiary/aromatic N) is 1. The fraction of sp³-hybridized carbons (Fsp3) is 0. The number of hydrogen-bond donors (Lipinski definition) is 0. The van der Waals surface area contributed by atoms with E-state index in [1.807, 2.05) is 0 Å². The van der Waals surface area contributed by atoms with Crippen LogP contribution >= 0.6 is 0 Å². The van der Waals surface area contributed by atoms with Crippen molar-refractivity contribution in [2.45, 2.75) is 0 Å². The highest BCUT2D eigenvalue weighted by molar-refractivity contribution is 6.69. The molecule has 0 bridgehead atoms. The van der Waals surface area contributed by atoms with Crippen molar-refractivity contribution in [1.82, 2.24) is 0 Å². The Balaban J connectivity index is 1.15. The first-order chi connectivity index (χ1) is 27.2. The zero-order valence-electron chi connectivity index (χ0n) is 33.0. The number of rotatable bonds is 5. The van der Waals surface area contributed by atoms with Crippen LogP contribution in [-0.2, 0) is 0 Å². The second-order valence-electron chi connectivity index (χ2n) is 15.5. The first-order valence-corrected chi connectivity index (χ1v) is 19.5. The maximum atomic E-state index is 6.90. The molecule has 0 radical (unpaired) electrons. The standard InChI is InChI=1S/C46H36B7NO2/c47-36-33(39(50)45-34(37(36)48)35-38(49)40(51)41(52)42(53)46(35)56-45)26-15-20-28(21-16-26)54(27-18-13-24(14-19-27)23-7-2-1-3-8-23)32-12-6-11-30-31-22-17-25-9-4-5-10-29(25)43(31)55-44(30)32/h1-22H,47-53H2. The summed E-state index contributed by atoms with van der Waals surface area (Å²) in [5.41, 5.74) is 20.6. The molecule has 0 aliphatic rings. The van der Waals surface area contributed by atoms with E-state index < -0.39 is 0 Å². The quantitative estimate of drug-likeness (QED) is 0.252. The van der Waals surface area contributed by atoms with Gasteiger partial charge in [0.05, 0.1) is 5.69 Å². The summed E-state index contributed by atoms with van der Waals surface area (Å²) in [5, 5.41) is 7.01. The minimum absolute atomic E-state index is 0.865. The van der Waals surface area contributed by atoms with E-state index in [2.05, 4.69) is 193 Å². The summed E-state index contributed by atoms with van der Waals surface area (Å²) in [4.78, 5) is 2.33. The molecular weight excluding hydrogens is 674 g/mol. The molecule has 0 saturated heterocycles. The van der Waals surface area contributed by atoms with Crippen LogP contribution in [0.15, 0.2) is 142 Å². The van der Waals surface area contributed by atoms with Gasteiger partial charge in [0.25, 0.3) is 0 Å². The van der Waals surface area contributed by atoms with E-state index in [1.165, 1.54) is 76.7 Å². The Kier molecular flexibility index (Phi) is 7.97.